The third-order valence-corrected chi connectivity index (χ3v) is 1.06. The zero-order chi connectivity index (χ0) is 7.98. The molecule has 10 heavy (non-hydrogen) atoms. The monoisotopic (exact) mass is 141 g/mol. The highest BCUT2D eigenvalue weighted by molar-refractivity contribution is 5.80. The smallest absolute Gasteiger partial charge is 0.328 e. The molecule has 0 aliphatic carbocycles. The lowest BCUT2D eigenvalue weighted by Gasteiger charge is -1.90. The standard InChI is InChI=1S/C7H11NO2/c1-2-6(5-8)3-4-7(9)10/h3-5H,2,8H2,1H3,(H,9,10)/b4-3+,6-5+. The zero-order valence-electron chi connectivity index (χ0n) is 5.87. The maximum absolute atomic E-state index is 9.98. The number of nitrogens with two attached hydrogens (primary N) is 1. The molecular weight excluding hydrogens is 130 g/mol. The molecule has 0 aliphatic heterocycles. The van der Waals surface area contributed by atoms with Crippen LogP contribution in [0.5, 0.6) is 0 Å². The largest absolute Gasteiger partial charge is 0.478 e. The summed E-state index contributed by atoms with van der Waals surface area (Å²) >= 11 is 0. The van der Waals surface area contributed by atoms with Crippen LogP contribution in [0, 0.1) is 0 Å². The Morgan fingerprint density at radius 1 is 1.60 bits per heavy atom. The molecule has 0 rings (SSSR count). The third-order valence-electron chi connectivity index (χ3n) is 1.06. The normalized spacial score (nSPS) is 12.3. The molecule has 0 heterocycles. The lowest BCUT2D eigenvalue weighted by molar-refractivity contribution is -0.131. The van der Waals surface area contributed by atoms with E-state index < -0.39 is 5.97 Å². The first-order chi connectivity index (χ1) is 4.70. The van der Waals surface area contributed by atoms with Crippen LogP contribution in [0.3, 0.4) is 0 Å². The van der Waals surface area contributed by atoms with E-state index in [0.717, 1.165) is 18.1 Å². The van der Waals surface area contributed by atoms with E-state index >= 15 is 0 Å². The minimum Gasteiger partial charge on any atom is -0.478 e. The Balaban J connectivity index is 3.98. The minimum absolute atomic E-state index is 0.750. The molecule has 0 spiro atoms. The molecule has 0 aromatic heterocycles. The average Bonchev–Trinajstić information content (AvgIpc) is 1.90. The van der Waals surface area contributed by atoms with E-state index in [2.05, 4.69) is 0 Å². The highest BCUT2D eigenvalue weighted by atomic mass is 16.4. The van der Waals surface area contributed by atoms with E-state index in [-0.39, 0.29) is 0 Å². The number of aliphatic carboxylic acids is 1. The van der Waals surface area contributed by atoms with Crippen LogP contribution in [0.15, 0.2) is 23.9 Å². The molecule has 0 aromatic carbocycles. The number of carboxylic acid groups (broad SMARTS) is 1. The number of rotatable bonds is 3. The summed E-state index contributed by atoms with van der Waals surface area (Å²) in [5.41, 5.74) is 5.98. The van der Waals surface area contributed by atoms with Crippen molar-refractivity contribution in [1.29, 1.82) is 0 Å². The molecule has 0 saturated heterocycles. The van der Waals surface area contributed by atoms with E-state index in [4.69, 9.17) is 10.8 Å². The first kappa shape index (κ1) is 8.75. The zero-order valence-corrected chi connectivity index (χ0v) is 5.87. The number of hydrogen-bond donors (Lipinski definition) is 2. The summed E-state index contributed by atoms with van der Waals surface area (Å²) in [4.78, 5) is 9.98. The Morgan fingerprint density at radius 3 is 2.50 bits per heavy atom. The Hall–Kier alpha value is -1.25. The fraction of sp³-hybridized carbons (Fsp3) is 0.286. The number of carbonyl (C=O) groups is 1. The number of hydrogen-bond acceptors (Lipinski definition) is 2. The Kier molecular flexibility index (Phi) is 4.04. The highest BCUT2D eigenvalue weighted by Crippen LogP contribution is 1.98. The molecule has 0 fully saturated rings. The van der Waals surface area contributed by atoms with Gasteiger partial charge in [0.1, 0.15) is 0 Å². The molecule has 0 amide bonds. The SMILES string of the molecule is CCC(/C=C/C(=O)O)=C\N. The lowest BCUT2D eigenvalue weighted by atomic mass is 10.2. The number of carboxylic acids is 1. The van der Waals surface area contributed by atoms with E-state index in [1.807, 2.05) is 6.92 Å². The van der Waals surface area contributed by atoms with E-state index in [1.54, 1.807) is 0 Å². The second kappa shape index (κ2) is 4.61. The van der Waals surface area contributed by atoms with Gasteiger partial charge in [0.2, 0.25) is 0 Å². The van der Waals surface area contributed by atoms with Gasteiger partial charge in [-0.15, -0.1) is 0 Å². The van der Waals surface area contributed by atoms with Crippen LogP contribution in [0.4, 0.5) is 0 Å². The topological polar surface area (TPSA) is 63.3 Å². The van der Waals surface area contributed by atoms with Gasteiger partial charge in [-0.25, -0.2) is 4.79 Å². The summed E-state index contributed by atoms with van der Waals surface area (Å²) in [6.07, 6.45) is 4.71. The van der Waals surface area contributed by atoms with Crippen LogP contribution < -0.4 is 5.73 Å². The predicted octanol–water partition coefficient (Wildman–Crippen LogP) is 0.880. The summed E-state index contributed by atoms with van der Waals surface area (Å²) in [7, 11) is 0. The van der Waals surface area contributed by atoms with Crippen molar-refractivity contribution in [3.05, 3.63) is 23.9 Å². The van der Waals surface area contributed by atoms with E-state index in [1.165, 1.54) is 12.3 Å². The van der Waals surface area contributed by atoms with Gasteiger partial charge in [0.15, 0.2) is 0 Å². The molecule has 3 nitrogen and oxygen atoms in total. The van der Waals surface area contributed by atoms with Gasteiger partial charge in [0, 0.05) is 6.08 Å². The first-order valence-electron chi connectivity index (χ1n) is 3.02. The molecule has 0 saturated carbocycles. The summed E-state index contributed by atoms with van der Waals surface area (Å²) < 4.78 is 0. The Morgan fingerprint density at radius 2 is 2.20 bits per heavy atom. The van der Waals surface area contributed by atoms with Crippen molar-refractivity contribution in [3.8, 4) is 0 Å². The molecule has 3 heteroatoms. The van der Waals surface area contributed by atoms with Gasteiger partial charge in [-0.1, -0.05) is 13.0 Å². The van der Waals surface area contributed by atoms with Crippen molar-refractivity contribution in [2.45, 2.75) is 13.3 Å². The van der Waals surface area contributed by atoms with Crippen molar-refractivity contribution in [1.82, 2.24) is 0 Å². The summed E-state index contributed by atoms with van der Waals surface area (Å²) in [5.74, 6) is -0.951. The molecule has 0 unspecified atom stereocenters. The molecule has 0 aliphatic rings. The molecular formula is C7H11NO2. The van der Waals surface area contributed by atoms with Gasteiger partial charge >= 0.3 is 5.97 Å². The summed E-state index contributed by atoms with van der Waals surface area (Å²) in [6.45, 7) is 1.91. The van der Waals surface area contributed by atoms with Gasteiger partial charge in [0.25, 0.3) is 0 Å². The highest BCUT2D eigenvalue weighted by Gasteiger charge is 1.87. The predicted molar refractivity (Wildman–Crippen MR) is 39.3 cm³/mol. The molecule has 0 aromatic rings. The molecule has 3 N–H and O–H groups in total. The van der Waals surface area contributed by atoms with E-state index in [9.17, 15) is 4.79 Å². The summed E-state index contributed by atoms with van der Waals surface area (Å²) in [6, 6.07) is 0. The molecule has 56 valence electrons. The van der Waals surface area contributed by atoms with E-state index in [0.29, 0.717) is 0 Å². The third kappa shape index (κ3) is 3.72. The average molecular weight is 141 g/mol. The van der Waals surface area contributed by atoms with Crippen molar-refractivity contribution in [2.75, 3.05) is 0 Å². The second-order valence-electron chi connectivity index (χ2n) is 1.77. The van der Waals surface area contributed by atoms with Crippen LogP contribution in [0.2, 0.25) is 0 Å². The Labute approximate surface area is 59.8 Å². The fourth-order valence-corrected chi connectivity index (χ4v) is 0.470. The number of allylic oxidation sites excluding steroid dienone is 2. The van der Waals surface area contributed by atoms with Gasteiger partial charge in [-0.2, -0.15) is 0 Å². The van der Waals surface area contributed by atoms with Gasteiger partial charge in [-0.3, -0.25) is 0 Å². The second-order valence-corrected chi connectivity index (χ2v) is 1.77. The fourth-order valence-electron chi connectivity index (χ4n) is 0.470. The van der Waals surface area contributed by atoms with Crippen molar-refractivity contribution < 1.29 is 9.90 Å². The van der Waals surface area contributed by atoms with Gasteiger partial charge in [-0.05, 0) is 18.2 Å². The van der Waals surface area contributed by atoms with Crippen LogP contribution in [-0.4, -0.2) is 11.1 Å². The molecule has 0 atom stereocenters. The molecule has 0 radical (unpaired) electrons. The van der Waals surface area contributed by atoms with Crippen LogP contribution in [0.25, 0.3) is 0 Å². The summed E-state index contributed by atoms with van der Waals surface area (Å²) in [5, 5.41) is 8.20. The van der Waals surface area contributed by atoms with Gasteiger partial charge in [0.05, 0.1) is 0 Å². The Bertz CT molecular complexity index is 170. The van der Waals surface area contributed by atoms with Crippen LogP contribution in [-0.2, 0) is 4.79 Å². The van der Waals surface area contributed by atoms with Crippen molar-refractivity contribution >= 4 is 5.97 Å². The maximum atomic E-state index is 9.98. The lowest BCUT2D eigenvalue weighted by Crippen LogP contribution is -1.89. The van der Waals surface area contributed by atoms with Crippen molar-refractivity contribution in [3.63, 3.8) is 0 Å². The van der Waals surface area contributed by atoms with Crippen LogP contribution in [0.1, 0.15) is 13.3 Å². The first-order valence-corrected chi connectivity index (χ1v) is 3.02. The quantitative estimate of drug-likeness (QED) is 0.453. The maximum Gasteiger partial charge on any atom is 0.328 e. The molecule has 0 bridgehead atoms. The van der Waals surface area contributed by atoms with Gasteiger partial charge < -0.3 is 10.8 Å². The van der Waals surface area contributed by atoms with Crippen LogP contribution >= 0.6 is 0 Å². The minimum atomic E-state index is -0.951. The van der Waals surface area contributed by atoms with Crippen molar-refractivity contribution in [2.24, 2.45) is 5.73 Å².